The van der Waals surface area contributed by atoms with Gasteiger partial charge in [0.05, 0.1) is 22.9 Å². The summed E-state index contributed by atoms with van der Waals surface area (Å²) in [7, 11) is 0. The van der Waals surface area contributed by atoms with Gasteiger partial charge in [-0.3, -0.25) is 18.6 Å². The van der Waals surface area contributed by atoms with Gasteiger partial charge in [-0.1, -0.05) is 42.7 Å². The molecule has 1 N–H and O–H groups in total. The summed E-state index contributed by atoms with van der Waals surface area (Å²) in [4.78, 5) is 24.7. The summed E-state index contributed by atoms with van der Waals surface area (Å²) in [5.74, 6) is -0.942. The van der Waals surface area contributed by atoms with Gasteiger partial charge in [-0.15, -0.1) is 0 Å². The molecule has 1 fully saturated rings. The summed E-state index contributed by atoms with van der Waals surface area (Å²) in [6.07, 6.45) is 6.14. The third kappa shape index (κ3) is 3.67. The minimum Gasteiger partial charge on any atom is -0.480 e. The van der Waals surface area contributed by atoms with Crippen LogP contribution in [0.4, 0.5) is 0 Å². The molecular formula is C26H28N4O3. The lowest BCUT2D eigenvalue weighted by molar-refractivity contribution is -0.137. The van der Waals surface area contributed by atoms with Crippen LogP contribution in [0.1, 0.15) is 44.2 Å². The van der Waals surface area contributed by atoms with Gasteiger partial charge in [-0.05, 0) is 50.5 Å². The molecule has 1 saturated carbocycles. The van der Waals surface area contributed by atoms with Crippen molar-refractivity contribution in [1.29, 1.82) is 0 Å². The van der Waals surface area contributed by atoms with E-state index in [2.05, 4.69) is 5.10 Å². The fraction of sp³-hybridized carbons (Fsp3) is 0.346. The predicted octanol–water partition coefficient (Wildman–Crippen LogP) is 4.86. The number of aliphatic carboxylic acids is 1. The van der Waals surface area contributed by atoms with Gasteiger partial charge in [0.25, 0.3) is 0 Å². The first-order valence-electron chi connectivity index (χ1n) is 11.6. The average Bonchev–Trinajstić information content (AvgIpc) is 3.50. The molecule has 0 bridgehead atoms. The van der Waals surface area contributed by atoms with Crippen LogP contribution in [0.3, 0.4) is 0 Å². The number of aromatic nitrogens is 4. The first kappa shape index (κ1) is 21.2. The monoisotopic (exact) mass is 444 g/mol. The Hall–Kier alpha value is -3.61. The smallest absolute Gasteiger partial charge is 0.329 e. The molecule has 0 radical (unpaired) electrons. The van der Waals surface area contributed by atoms with Crippen LogP contribution in [0, 0.1) is 6.92 Å². The van der Waals surface area contributed by atoms with Crippen LogP contribution in [-0.2, 0) is 17.9 Å². The molecule has 0 amide bonds. The molecule has 1 aliphatic carbocycles. The van der Waals surface area contributed by atoms with Crippen LogP contribution in [0.5, 0.6) is 0 Å². The molecule has 4 aromatic rings. The quantitative estimate of drug-likeness (QED) is 0.460. The second-order valence-electron chi connectivity index (χ2n) is 8.87. The molecule has 0 spiro atoms. The number of benzene rings is 2. The highest BCUT2D eigenvalue weighted by Gasteiger charge is 2.24. The van der Waals surface area contributed by atoms with Crippen molar-refractivity contribution in [3.8, 4) is 22.4 Å². The summed E-state index contributed by atoms with van der Waals surface area (Å²) < 4.78 is 5.35. The summed E-state index contributed by atoms with van der Waals surface area (Å²) in [6, 6.07) is 14.4. The molecule has 1 aliphatic rings. The van der Waals surface area contributed by atoms with Gasteiger partial charge in [0.15, 0.2) is 0 Å². The Morgan fingerprint density at radius 2 is 1.88 bits per heavy atom. The van der Waals surface area contributed by atoms with Crippen molar-refractivity contribution in [2.45, 2.75) is 58.7 Å². The van der Waals surface area contributed by atoms with E-state index in [4.69, 9.17) is 0 Å². The third-order valence-corrected chi connectivity index (χ3v) is 6.70. The highest BCUT2D eigenvalue weighted by atomic mass is 16.4. The highest BCUT2D eigenvalue weighted by molar-refractivity contribution is 5.88. The van der Waals surface area contributed by atoms with Gasteiger partial charge in [0, 0.05) is 23.7 Å². The normalized spacial score (nSPS) is 14.4. The Labute approximate surface area is 191 Å². The fourth-order valence-corrected chi connectivity index (χ4v) is 5.21. The van der Waals surface area contributed by atoms with Crippen molar-refractivity contribution in [1.82, 2.24) is 18.9 Å². The minimum atomic E-state index is -0.942. The number of carbonyl (C=O) groups is 1. The van der Waals surface area contributed by atoms with Crippen molar-refractivity contribution in [3.63, 3.8) is 0 Å². The van der Waals surface area contributed by atoms with Gasteiger partial charge >= 0.3 is 11.7 Å². The lowest BCUT2D eigenvalue weighted by atomic mass is 10.00. The van der Waals surface area contributed by atoms with Gasteiger partial charge in [-0.2, -0.15) is 5.10 Å². The number of rotatable bonds is 6. The van der Waals surface area contributed by atoms with E-state index in [0.29, 0.717) is 6.54 Å². The van der Waals surface area contributed by atoms with E-state index in [1.165, 1.54) is 4.68 Å². The highest BCUT2D eigenvalue weighted by Crippen LogP contribution is 2.36. The second kappa shape index (κ2) is 8.39. The van der Waals surface area contributed by atoms with Crippen molar-refractivity contribution in [2.75, 3.05) is 0 Å². The Balaban J connectivity index is 1.70. The first-order chi connectivity index (χ1) is 16.0. The van der Waals surface area contributed by atoms with Crippen molar-refractivity contribution < 1.29 is 9.90 Å². The molecule has 2 aromatic carbocycles. The summed E-state index contributed by atoms with van der Waals surface area (Å²) in [5, 5.41) is 13.8. The van der Waals surface area contributed by atoms with E-state index in [-0.39, 0.29) is 18.3 Å². The lowest BCUT2D eigenvalue weighted by Gasteiger charge is -2.12. The number of nitrogens with zero attached hydrogens (tertiary/aromatic N) is 4. The SMILES string of the molecule is CCn1c(=O)n(C2CCCC2)c2ccc(-c3cnn(CC(=O)O)c3-c3cccc(C)c3)cc21. The lowest BCUT2D eigenvalue weighted by Crippen LogP contribution is -2.26. The van der Waals surface area contributed by atoms with Crippen molar-refractivity contribution in [3.05, 3.63) is 64.7 Å². The molecule has 7 nitrogen and oxygen atoms in total. The maximum absolute atomic E-state index is 13.2. The molecular weight excluding hydrogens is 416 g/mol. The fourth-order valence-electron chi connectivity index (χ4n) is 5.21. The summed E-state index contributed by atoms with van der Waals surface area (Å²) in [5.41, 5.74) is 6.47. The Morgan fingerprint density at radius 3 is 2.58 bits per heavy atom. The zero-order valence-electron chi connectivity index (χ0n) is 19.0. The maximum Gasteiger partial charge on any atom is 0.329 e. The molecule has 5 rings (SSSR count). The molecule has 0 unspecified atom stereocenters. The third-order valence-electron chi connectivity index (χ3n) is 6.70. The molecule has 170 valence electrons. The van der Waals surface area contributed by atoms with Crippen LogP contribution in [-0.4, -0.2) is 30.0 Å². The van der Waals surface area contributed by atoms with Gasteiger partial charge in [-0.25, -0.2) is 4.79 Å². The number of imidazole rings is 1. The molecule has 0 aliphatic heterocycles. The standard InChI is InChI=1S/C26H28N4O3/c1-3-28-23-14-18(11-12-22(23)30(26(28)33)20-9-4-5-10-20)21-15-27-29(16-24(31)32)25(21)19-8-6-7-17(2)13-19/h6-8,11-15,20H,3-5,9-10,16H2,1-2H3,(H,31,32). The topological polar surface area (TPSA) is 82.0 Å². The van der Waals surface area contributed by atoms with E-state index in [9.17, 15) is 14.7 Å². The predicted molar refractivity (Wildman–Crippen MR) is 128 cm³/mol. The maximum atomic E-state index is 13.2. The molecule has 0 saturated heterocycles. The number of carboxylic acid groups (broad SMARTS) is 1. The number of hydrogen-bond acceptors (Lipinski definition) is 3. The van der Waals surface area contributed by atoms with Gasteiger partial charge in [0.2, 0.25) is 0 Å². The molecule has 0 atom stereocenters. The zero-order chi connectivity index (χ0) is 23.1. The summed E-state index contributed by atoms with van der Waals surface area (Å²) >= 11 is 0. The number of hydrogen-bond donors (Lipinski definition) is 1. The number of fused-ring (bicyclic) bond motifs is 1. The summed E-state index contributed by atoms with van der Waals surface area (Å²) in [6.45, 7) is 4.39. The van der Waals surface area contributed by atoms with Crippen LogP contribution in [0.2, 0.25) is 0 Å². The van der Waals surface area contributed by atoms with E-state index in [1.807, 2.05) is 65.4 Å². The van der Waals surface area contributed by atoms with Crippen LogP contribution in [0.15, 0.2) is 53.5 Å². The minimum absolute atomic E-state index is 0.0528. The van der Waals surface area contributed by atoms with Gasteiger partial charge in [0.1, 0.15) is 6.54 Å². The average molecular weight is 445 g/mol. The number of aryl methyl sites for hydroxylation is 2. The molecule has 7 heteroatoms. The number of carboxylic acids is 1. The molecule has 2 heterocycles. The largest absolute Gasteiger partial charge is 0.480 e. The van der Waals surface area contributed by atoms with Crippen molar-refractivity contribution in [2.24, 2.45) is 0 Å². The molecule has 2 aromatic heterocycles. The van der Waals surface area contributed by atoms with E-state index >= 15 is 0 Å². The molecule has 33 heavy (non-hydrogen) atoms. The second-order valence-corrected chi connectivity index (χ2v) is 8.87. The van der Waals surface area contributed by atoms with E-state index in [0.717, 1.165) is 64.7 Å². The van der Waals surface area contributed by atoms with E-state index in [1.54, 1.807) is 6.20 Å². The van der Waals surface area contributed by atoms with Crippen molar-refractivity contribution >= 4 is 17.0 Å². The Kier molecular flexibility index (Phi) is 5.40. The van der Waals surface area contributed by atoms with Crippen LogP contribution >= 0.6 is 0 Å². The zero-order valence-corrected chi connectivity index (χ0v) is 19.0. The Morgan fingerprint density at radius 1 is 1.09 bits per heavy atom. The van der Waals surface area contributed by atoms with Gasteiger partial charge < -0.3 is 5.11 Å². The van der Waals surface area contributed by atoms with Crippen LogP contribution < -0.4 is 5.69 Å². The Bertz CT molecular complexity index is 1400. The van der Waals surface area contributed by atoms with E-state index < -0.39 is 5.97 Å². The van der Waals surface area contributed by atoms with Crippen LogP contribution in [0.25, 0.3) is 33.4 Å². The first-order valence-corrected chi connectivity index (χ1v) is 11.6.